The summed E-state index contributed by atoms with van der Waals surface area (Å²) in [6, 6.07) is 10.9. The SMILES string of the molecule is CC(C)C(C)CNCC(c1ccccc1)C(C)C. The molecular formula is C17H29N. The van der Waals surface area contributed by atoms with Crippen LogP contribution in [0.2, 0.25) is 0 Å². The summed E-state index contributed by atoms with van der Waals surface area (Å²) in [5.74, 6) is 2.79. The highest BCUT2D eigenvalue weighted by Crippen LogP contribution is 2.23. The van der Waals surface area contributed by atoms with Gasteiger partial charge in [0.05, 0.1) is 0 Å². The van der Waals surface area contributed by atoms with Gasteiger partial charge in [0.25, 0.3) is 0 Å². The van der Waals surface area contributed by atoms with Crippen molar-refractivity contribution in [3.05, 3.63) is 35.9 Å². The molecule has 1 nitrogen and oxygen atoms in total. The molecule has 18 heavy (non-hydrogen) atoms. The maximum atomic E-state index is 3.65. The number of nitrogens with one attached hydrogen (secondary N) is 1. The molecule has 0 aliphatic rings. The molecule has 2 atom stereocenters. The van der Waals surface area contributed by atoms with E-state index >= 15 is 0 Å². The Hall–Kier alpha value is -0.820. The molecule has 0 spiro atoms. The lowest BCUT2D eigenvalue weighted by atomic mass is 9.88. The highest BCUT2D eigenvalue weighted by atomic mass is 14.9. The van der Waals surface area contributed by atoms with Gasteiger partial charge in [0.1, 0.15) is 0 Å². The minimum Gasteiger partial charge on any atom is -0.316 e. The minimum absolute atomic E-state index is 0.616. The van der Waals surface area contributed by atoms with E-state index in [1.807, 2.05) is 0 Å². The summed E-state index contributed by atoms with van der Waals surface area (Å²) in [5.41, 5.74) is 1.46. The van der Waals surface area contributed by atoms with Crippen LogP contribution in [0.15, 0.2) is 30.3 Å². The molecule has 0 aliphatic heterocycles. The summed E-state index contributed by atoms with van der Waals surface area (Å²) in [5, 5.41) is 3.65. The number of rotatable bonds is 7. The molecule has 0 saturated heterocycles. The summed E-state index contributed by atoms with van der Waals surface area (Å²) in [6.07, 6.45) is 0. The summed E-state index contributed by atoms with van der Waals surface area (Å²) in [7, 11) is 0. The fourth-order valence-corrected chi connectivity index (χ4v) is 2.14. The van der Waals surface area contributed by atoms with Crippen LogP contribution >= 0.6 is 0 Å². The Morgan fingerprint density at radius 2 is 1.44 bits per heavy atom. The smallest absolute Gasteiger partial charge is 0.00227 e. The van der Waals surface area contributed by atoms with Crippen LogP contribution in [0.1, 0.15) is 46.1 Å². The van der Waals surface area contributed by atoms with Gasteiger partial charge in [0, 0.05) is 6.54 Å². The van der Waals surface area contributed by atoms with Crippen molar-refractivity contribution in [1.82, 2.24) is 5.32 Å². The molecule has 1 aromatic rings. The monoisotopic (exact) mass is 247 g/mol. The van der Waals surface area contributed by atoms with Gasteiger partial charge < -0.3 is 5.32 Å². The summed E-state index contributed by atoms with van der Waals surface area (Å²) in [6.45, 7) is 13.7. The molecule has 0 bridgehead atoms. The van der Waals surface area contributed by atoms with Crippen LogP contribution in [0.4, 0.5) is 0 Å². The van der Waals surface area contributed by atoms with Gasteiger partial charge in [-0.3, -0.25) is 0 Å². The van der Waals surface area contributed by atoms with Gasteiger partial charge in [-0.15, -0.1) is 0 Å². The Kier molecular flexibility index (Phi) is 6.42. The van der Waals surface area contributed by atoms with E-state index in [0.717, 1.165) is 24.9 Å². The number of hydrogen-bond donors (Lipinski definition) is 1. The van der Waals surface area contributed by atoms with Crippen LogP contribution in [0.5, 0.6) is 0 Å². The standard InChI is InChI=1S/C17H29N/c1-13(2)15(5)11-18-12-17(14(3)4)16-9-7-6-8-10-16/h6-10,13-15,17-18H,11-12H2,1-5H3. The average molecular weight is 247 g/mol. The summed E-state index contributed by atoms with van der Waals surface area (Å²) >= 11 is 0. The van der Waals surface area contributed by atoms with Crippen molar-refractivity contribution in [2.45, 2.75) is 40.5 Å². The fraction of sp³-hybridized carbons (Fsp3) is 0.647. The first kappa shape index (κ1) is 15.2. The van der Waals surface area contributed by atoms with Crippen molar-refractivity contribution >= 4 is 0 Å². The fourth-order valence-electron chi connectivity index (χ4n) is 2.14. The highest BCUT2D eigenvalue weighted by Gasteiger charge is 2.15. The molecule has 1 heteroatoms. The van der Waals surface area contributed by atoms with Crippen molar-refractivity contribution in [1.29, 1.82) is 0 Å². The normalized spacial score (nSPS) is 15.1. The van der Waals surface area contributed by atoms with Crippen molar-refractivity contribution < 1.29 is 0 Å². The van der Waals surface area contributed by atoms with E-state index in [1.165, 1.54) is 5.56 Å². The second-order valence-corrected chi connectivity index (χ2v) is 6.14. The molecule has 2 unspecified atom stereocenters. The van der Waals surface area contributed by atoms with E-state index in [2.05, 4.69) is 70.3 Å². The molecule has 0 aliphatic carbocycles. The molecule has 1 aromatic carbocycles. The van der Waals surface area contributed by atoms with E-state index in [0.29, 0.717) is 11.8 Å². The first-order valence-electron chi connectivity index (χ1n) is 7.28. The van der Waals surface area contributed by atoms with Crippen molar-refractivity contribution in [2.24, 2.45) is 17.8 Å². The zero-order valence-corrected chi connectivity index (χ0v) is 12.6. The molecule has 0 amide bonds. The Morgan fingerprint density at radius 1 is 0.833 bits per heavy atom. The summed E-state index contributed by atoms with van der Waals surface area (Å²) in [4.78, 5) is 0. The first-order valence-corrected chi connectivity index (χ1v) is 7.28. The molecule has 0 heterocycles. The zero-order valence-electron chi connectivity index (χ0n) is 12.6. The van der Waals surface area contributed by atoms with Crippen LogP contribution in [0.25, 0.3) is 0 Å². The van der Waals surface area contributed by atoms with Gasteiger partial charge in [-0.2, -0.15) is 0 Å². The third-order valence-electron chi connectivity index (χ3n) is 4.00. The lowest BCUT2D eigenvalue weighted by molar-refractivity contribution is 0.373. The van der Waals surface area contributed by atoms with Crippen LogP contribution in [0, 0.1) is 17.8 Å². The second kappa shape index (κ2) is 7.58. The quantitative estimate of drug-likeness (QED) is 0.757. The molecule has 1 rings (SSSR count). The lowest BCUT2D eigenvalue weighted by Crippen LogP contribution is -2.30. The third kappa shape index (κ3) is 4.81. The minimum atomic E-state index is 0.616. The molecule has 1 N–H and O–H groups in total. The van der Waals surface area contributed by atoms with Gasteiger partial charge in [0.15, 0.2) is 0 Å². The van der Waals surface area contributed by atoms with Gasteiger partial charge in [-0.05, 0) is 35.8 Å². The highest BCUT2D eigenvalue weighted by molar-refractivity contribution is 5.20. The van der Waals surface area contributed by atoms with Gasteiger partial charge in [0.2, 0.25) is 0 Å². The molecular weight excluding hydrogens is 218 g/mol. The maximum absolute atomic E-state index is 3.65. The third-order valence-corrected chi connectivity index (χ3v) is 4.00. The number of benzene rings is 1. The number of hydrogen-bond acceptors (Lipinski definition) is 1. The Balaban J connectivity index is 2.50. The Bertz CT molecular complexity index is 316. The molecule has 0 fully saturated rings. The van der Waals surface area contributed by atoms with E-state index < -0.39 is 0 Å². The van der Waals surface area contributed by atoms with Gasteiger partial charge in [-0.25, -0.2) is 0 Å². The van der Waals surface area contributed by atoms with Gasteiger partial charge in [-0.1, -0.05) is 65.0 Å². The van der Waals surface area contributed by atoms with E-state index in [4.69, 9.17) is 0 Å². The largest absolute Gasteiger partial charge is 0.316 e. The second-order valence-electron chi connectivity index (χ2n) is 6.14. The molecule has 102 valence electrons. The van der Waals surface area contributed by atoms with Crippen molar-refractivity contribution in [2.75, 3.05) is 13.1 Å². The van der Waals surface area contributed by atoms with Crippen LogP contribution in [0.3, 0.4) is 0 Å². The van der Waals surface area contributed by atoms with E-state index in [-0.39, 0.29) is 0 Å². The summed E-state index contributed by atoms with van der Waals surface area (Å²) < 4.78 is 0. The van der Waals surface area contributed by atoms with Crippen molar-refractivity contribution in [3.8, 4) is 0 Å². The molecule has 0 aromatic heterocycles. The van der Waals surface area contributed by atoms with E-state index in [1.54, 1.807) is 0 Å². The van der Waals surface area contributed by atoms with Crippen LogP contribution in [-0.2, 0) is 0 Å². The Labute approximate surface area is 113 Å². The zero-order chi connectivity index (χ0) is 13.5. The molecule has 0 radical (unpaired) electrons. The first-order chi connectivity index (χ1) is 8.52. The van der Waals surface area contributed by atoms with Crippen LogP contribution < -0.4 is 5.32 Å². The average Bonchev–Trinajstić information content (AvgIpc) is 2.34. The predicted molar refractivity (Wildman–Crippen MR) is 80.9 cm³/mol. The van der Waals surface area contributed by atoms with Crippen molar-refractivity contribution in [3.63, 3.8) is 0 Å². The lowest BCUT2D eigenvalue weighted by Gasteiger charge is -2.24. The predicted octanol–water partition coefficient (Wildman–Crippen LogP) is 4.31. The molecule has 0 saturated carbocycles. The van der Waals surface area contributed by atoms with Gasteiger partial charge >= 0.3 is 0 Å². The van der Waals surface area contributed by atoms with E-state index in [9.17, 15) is 0 Å². The van der Waals surface area contributed by atoms with Crippen LogP contribution in [-0.4, -0.2) is 13.1 Å². The maximum Gasteiger partial charge on any atom is 0.00227 e. The Morgan fingerprint density at radius 3 is 1.94 bits per heavy atom. The topological polar surface area (TPSA) is 12.0 Å².